The lowest BCUT2D eigenvalue weighted by molar-refractivity contribution is -0.118. The Labute approximate surface area is 195 Å². The van der Waals surface area contributed by atoms with Crippen LogP contribution < -0.4 is 20.1 Å². The van der Waals surface area contributed by atoms with Gasteiger partial charge in [0, 0.05) is 29.0 Å². The van der Waals surface area contributed by atoms with E-state index in [1.807, 2.05) is 32.0 Å². The molecule has 1 aromatic heterocycles. The molecule has 0 aliphatic carbocycles. The van der Waals surface area contributed by atoms with Gasteiger partial charge in [0.1, 0.15) is 5.75 Å². The smallest absolute Gasteiger partial charge is 0.262 e. The maximum Gasteiger partial charge on any atom is 0.262 e. The third kappa shape index (κ3) is 7.09. The minimum Gasteiger partial charge on any atom is -0.483 e. The van der Waals surface area contributed by atoms with Crippen LogP contribution in [0.3, 0.4) is 0 Å². The summed E-state index contributed by atoms with van der Waals surface area (Å²) in [4.78, 5) is 29.1. The minimum absolute atomic E-state index is 0.0431. The van der Waals surface area contributed by atoms with Crippen molar-refractivity contribution in [3.8, 4) is 11.6 Å². The van der Waals surface area contributed by atoms with Gasteiger partial charge in [0.05, 0.1) is 11.7 Å². The third-order valence-corrected chi connectivity index (χ3v) is 4.75. The normalized spacial score (nSPS) is 10.5. The molecular weight excluding hydrogens is 474 g/mol. The number of nitrogens with zero attached hydrogens (tertiary/aromatic N) is 1. The molecule has 3 rings (SSSR count). The fourth-order valence-electron chi connectivity index (χ4n) is 2.76. The summed E-state index contributed by atoms with van der Waals surface area (Å²) in [6.07, 6.45) is 1.70. The van der Waals surface area contributed by atoms with Gasteiger partial charge >= 0.3 is 0 Å². The summed E-state index contributed by atoms with van der Waals surface area (Å²) in [6, 6.07) is 17.6. The van der Waals surface area contributed by atoms with Crippen LogP contribution in [-0.2, 0) is 11.3 Å². The van der Waals surface area contributed by atoms with Gasteiger partial charge < -0.3 is 20.1 Å². The highest BCUT2D eigenvalue weighted by atomic mass is 79.9. The van der Waals surface area contributed by atoms with Crippen molar-refractivity contribution in [3.05, 3.63) is 82.5 Å². The SMILES string of the molecule is CC(C)Oc1ccc(CNC(=O)c2ccccc2OCC(=O)Nc2ccc(Br)cc2)cn1. The molecule has 2 amide bonds. The predicted molar refractivity (Wildman–Crippen MR) is 126 cm³/mol. The molecule has 0 fully saturated rings. The number of halogens is 1. The Balaban J connectivity index is 1.55. The number of rotatable bonds is 9. The number of anilines is 1. The lowest BCUT2D eigenvalue weighted by Gasteiger charge is -2.12. The number of carbonyl (C=O) groups is 2. The zero-order valence-electron chi connectivity index (χ0n) is 17.8. The van der Waals surface area contributed by atoms with Gasteiger partial charge in [-0.25, -0.2) is 4.98 Å². The zero-order chi connectivity index (χ0) is 22.9. The number of ether oxygens (including phenoxy) is 2. The molecule has 0 aliphatic heterocycles. The van der Waals surface area contributed by atoms with Crippen LogP contribution in [0.25, 0.3) is 0 Å². The van der Waals surface area contributed by atoms with Gasteiger partial charge in [0.15, 0.2) is 6.61 Å². The van der Waals surface area contributed by atoms with Crippen molar-refractivity contribution < 1.29 is 19.1 Å². The van der Waals surface area contributed by atoms with Crippen molar-refractivity contribution in [1.29, 1.82) is 0 Å². The van der Waals surface area contributed by atoms with Crippen LogP contribution in [0.5, 0.6) is 11.6 Å². The highest BCUT2D eigenvalue weighted by molar-refractivity contribution is 9.10. The fraction of sp³-hybridized carbons (Fsp3) is 0.208. The first kappa shape index (κ1) is 23.3. The van der Waals surface area contributed by atoms with Crippen LogP contribution in [0.2, 0.25) is 0 Å². The average Bonchev–Trinajstić information content (AvgIpc) is 2.78. The van der Waals surface area contributed by atoms with Crippen LogP contribution >= 0.6 is 15.9 Å². The number of nitrogens with one attached hydrogen (secondary N) is 2. The Hall–Kier alpha value is -3.39. The van der Waals surface area contributed by atoms with Crippen molar-refractivity contribution in [1.82, 2.24) is 10.3 Å². The van der Waals surface area contributed by atoms with Crippen LogP contribution in [0.15, 0.2) is 71.3 Å². The molecule has 0 saturated carbocycles. The predicted octanol–water partition coefficient (Wildman–Crippen LogP) is 4.58. The maximum absolute atomic E-state index is 12.7. The Morgan fingerprint density at radius 2 is 1.78 bits per heavy atom. The van der Waals surface area contributed by atoms with Gasteiger partial charge in [0.25, 0.3) is 11.8 Å². The quantitative estimate of drug-likeness (QED) is 0.451. The summed E-state index contributed by atoms with van der Waals surface area (Å²) in [5.74, 6) is 0.235. The van der Waals surface area contributed by atoms with Crippen molar-refractivity contribution in [2.45, 2.75) is 26.5 Å². The van der Waals surface area contributed by atoms with Gasteiger partial charge in [-0.15, -0.1) is 0 Å². The van der Waals surface area contributed by atoms with E-state index in [0.717, 1.165) is 10.0 Å². The fourth-order valence-corrected chi connectivity index (χ4v) is 3.02. The summed E-state index contributed by atoms with van der Waals surface area (Å²) >= 11 is 3.35. The number of aromatic nitrogens is 1. The Morgan fingerprint density at radius 3 is 2.47 bits per heavy atom. The molecule has 2 N–H and O–H groups in total. The molecule has 32 heavy (non-hydrogen) atoms. The lowest BCUT2D eigenvalue weighted by Crippen LogP contribution is -2.25. The van der Waals surface area contributed by atoms with Crippen LogP contribution in [-0.4, -0.2) is 29.5 Å². The Morgan fingerprint density at radius 1 is 1.03 bits per heavy atom. The molecule has 0 spiro atoms. The number of para-hydroxylation sites is 1. The van der Waals surface area contributed by atoms with Crippen molar-refractivity contribution in [3.63, 3.8) is 0 Å². The largest absolute Gasteiger partial charge is 0.483 e. The van der Waals surface area contributed by atoms with Gasteiger partial charge in [-0.05, 0) is 55.8 Å². The van der Waals surface area contributed by atoms with E-state index in [1.165, 1.54) is 0 Å². The van der Waals surface area contributed by atoms with Crippen LogP contribution in [0.1, 0.15) is 29.8 Å². The number of pyridine rings is 1. The average molecular weight is 498 g/mol. The summed E-state index contributed by atoms with van der Waals surface area (Å²) in [6.45, 7) is 3.94. The topological polar surface area (TPSA) is 89.5 Å². The first-order valence-electron chi connectivity index (χ1n) is 10.1. The van der Waals surface area contributed by atoms with Crippen LogP contribution in [0, 0.1) is 0 Å². The molecule has 166 valence electrons. The molecule has 0 unspecified atom stereocenters. The van der Waals surface area contributed by atoms with E-state index >= 15 is 0 Å². The highest BCUT2D eigenvalue weighted by Crippen LogP contribution is 2.19. The lowest BCUT2D eigenvalue weighted by atomic mass is 10.2. The molecule has 0 bridgehead atoms. The summed E-state index contributed by atoms with van der Waals surface area (Å²) in [5.41, 5.74) is 1.84. The first-order chi connectivity index (χ1) is 15.4. The molecular formula is C24H24BrN3O4. The number of benzene rings is 2. The molecule has 0 atom stereocenters. The van der Waals surface area contributed by atoms with E-state index in [9.17, 15) is 9.59 Å². The molecule has 7 nitrogen and oxygen atoms in total. The second-order valence-electron chi connectivity index (χ2n) is 7.19. The summed E-state index contributed by atoms with van der Waals surface area (Å²) in [5, 5.41) is 5.59. The number of amides is 2. The van der Waals surface area contributed by atoms with Gasteiger partial charge in [-0.1, -0.05) is 34.1 Å². The van der Waals surface area contributed by atoms with E-state index < -0.39 is 0 Å². The Kier molecular flexibility index (Phi) is 8.21. The molecule has 1 heterocycles. The standard InChI is InChI=1S/C24H24BrN3O4/c1-16(2)32-23-12-7-17(13-26-23)14-27-24(30)20-5-3-4-6-21(20)31-15-22(29)28-19-10-8-18(25)9-11-19/h3-13,16H,14-15H2,1-2H3,(H,27,30)(H,28,29). The maximum atomic E-state index is 12.7. The van der Waals surface area contributed by atoms with E-state index in [0.29, 0.717) is 29.4 Å². The molecule has 0 radical (unpaired) electrons. The van der Waals surface area contributed by atoms with Crippen LogP contribution in [0.4, 0.5) is 5.69 Å². The van der Waals surface area contributed by atoms with Crippen molar-refractivity contribution >= 4 is 33.4 Å². The number of carbonyl (C=O) groups excluding carboxylic acids is 2. The summed E-state index contributed by atoms with van der Waals surface area (Å²) in [7, 11) is 0. The van der Waals surface area contributed by atoms with Gasteiger partial charge in [-0.2, -0.15) is 0 Å². The number of hydrogen-bond donors (Lipinski definition) is 2. The first-order valence-corrected chi connectivity index (χ1v) is 10.9. The monoisotopic (exact) mass is 497 g/mol. The second kappa shape index (κ2) is 11.3. The molecule has 3 aromatic rings. The van der Waals surface area contributed by atoms with E-state index in [-0.39, 0.29) is 24.5 Å². The minimum atomic E-state index is -0.322. The van der Waals surface area contributed by atoms with E-state index in [1.54, 1.807) is 48.7 Å². The molecule has 0 aliphatic rings. The molecule has 0 saturated heterocycles. The number of hydrogen-bond acceptors (Lipinski definition) is 5. The van der Waals surface area contributed by atoms with Crippen molar-refractivity contribution in [2.24, 2.45) is 0 Å². The van der Waals surface area contributed by atoms with E-state index in [2.05, 4.69) is 31.5 Å². The summed E-state index contributed by atoms with van der Waals surface area (Å²) < 4.78 is 12.0. The van der Waals surface area contributed by atoms with Gasteiger partial charge in [-0.3, -0.25) is 9.59 Å². The Bertz CT molecular complexity index is 1050. The van der Waals surface area contributed by atoms with Gasteiger partial charge in [0.2, 0.25) is 5.88 Å². The van der Waals surface area contributed by atoms with Crippen molar-refractivity contribution in [2.75, 3.05) is 11.9 Å². The highest BCUT2D eigenvalue weighted by Gasteiger charge is 2.13. The third-order valence-electron chi connectivity index (χ3n) is 4.23. The second-order valence-corrected chi connectivity index (χ2v) is 8.11. The van der Waals surface area contributed by atoms with E-state index in [4.69, 9.17) is 9.47 Å². The molecule has 2 aromatic carbocycles. The molecule has 8 heteroatoms. The zero-order valence-corrected chi connectivity index (χ0v) is 19.4.